The average molecular weight is 356 g/mol. The number of carbonyl (C=O) groups excluding carboxylic acids is 1. The average Bonchev–Trinajstić information content (AvgIpc) is 2.53. The molecule has 0 saturated carbocycles. The lowest BCUT2D eigenvalue weighted by Gasteiger charge is -2.47. The van der Waals surface area contributed by atoms with Crippen molar-refractivity contribution in [1.29, 1.82) is 0 Å². The molecule has 1 heterocycles. The predicted molar refractivity (Wildman–Crippen MR) is 108 cm³/mol. The van der Waals surface area contributed by atoms with Crippen molar-refractivity contribution in [1.82, 2.24) is 0 Å². The number of amides is 1. The molecule has 2 atom stereocenters. The molecule has 142 valence electrons. The third-order valence-electron chi connectivity index (χ3n) is 5.93. The molecule has 1 aromatic carbocycles. The summed E-state index contributed by atoms with van der Waals surface area (Å²) in [6.45, 7) is 10.5. The van der Waals surface area contributed by atoms with E-state index >= 15 is 0 Å². The number of hydrogen-bond donors (Lipinski definition) is 1. The first-order valence-electron chi connectivity index (χ1n) is 10.1. The zero-order valence-corrected chi connectivity index (χ0v) is 16.9. The van der Waals surface area contributed by atoms with Gasteiger partial charge in [0.2, 0.25) is 5.91 Å². The molecule has 1 aliphatic heterocycles. The van der Waals surface area contributed by atoms with Gasteiger partial charge in [-0.25, -0.2) is 0 Å². The fraction of sp³-hybridized carbons (Fsp3) is 0.609. The molecule has 3 nitrogen and oxygen atoms in total. The minimum Gasteiger partial charge on any atom is -0.487 e. The predicted octanol–water partition coefficient (Wildman–Crippen LogP) is 5.99. The Morgan fingerprint density at radius 2 is 2.08 bits per heavy atom. The Morgan fingerprint density at radius 1 is 1.31 bits per heavy atom. The summed E-state index contributed by atoms with van der Waals surface area (Å²) in [6, 6.07) is 4.39. The second-order valence-corrected chi connectivity index (χ2v) is 8.58. The monoisotopic (exact) mass is 355 g/mol. The summed E-state index contributed by atoms with van der Waals surface area (Å²) in [6.07, 6.45) is 9.31. The minimum absolute atomic E-state index is 0.0178. The van der Waals surface area contributed by atoms with E-state index in [9.17, 15) is 4.79 Å². The van der Waals surface area contributed by atoms with Crippen LogP contribution in [0, 0.1) is 5.92 Å². The molecule has 1 aromatic rings. The van der Waals surface area contributed by atoms with E-state index in [0.29, 0.717) is 11.8 Å². The van der Waals surface area contributed by atoms with Gasteiger partial charge in [-0.3, -0.25) is 4.79 Å². The van der Waals surface area contributed by atoms with Gasteiger partial charge in [-0.15, -0.1) is 0 Å². The molecule has 0 saturated heterocycles. The van der Waals surface area contributed by atoms with E-state index in [1.165, 1.54) is 36.0 Å². The van der Waals surface area contributed by atoms with Gasteiger partial charge >= 0.3 is 0 Å². The fourth-order valence-electron chi connectivity index (χ4n) is 4.62. The van der Waals surface area contributed by atoms with Gasteiger partial charge < -0.3 is 10.1 Å². The molecule has 26 heavy (non-hydrogen) atoms. The molecule has 1 N–H and O–H groups in total. The van der Waals surface area contributed by atoms with Crippen LogP contribution in [0.4, 0.5) is 5.69 Å². The largest absolute Gasteiger partial charge is 0.487 e. The molecule has 0 spiro atoms. The highest BCUT2D eigenvalue weighted by molar-refractivity contribution is 5.90. The summed E-state index contributed by atoms with van der Waals surface area (Å²) in [5.41, 5.74) is 4.62. The molecular weight excluding hydrogens is 322 g/mol. The Morgan fingerprint density at radius 3 is 2.77 bits per heavy atom. The standard InChI is InChI=1S/C23H33NO2/c1-6-7-8-9-17-13-20(24-16(3)25)22-18-12-15(2)10-11-19(18)23(4,5)26-21(22)14-17/h12-14,18-19H,6-11H2,1-5H3,(H,24,25)/t18-,19-/m1/s1. The third kappa shape index (κ3) is 3.82. The van der Waals surface area contributed by atoms with E-state index in [-0.39, 0.29) is 11.5 Å². The van der Waals surface area contributed by atoms with E-state index in [1.807, 2.05) is 0 Å². The maximum absolute atomic E-state index is 11.9. The van der Waals surface area contributed by atoms with Crippen molar-refractivity contribution in [2.75, 3.05) is 5.32 Å². The van der Waals surface area contributed by atoms with Crippen LogP contribution in [0.25, 0.3) is 0 Å². The summed E-state index contributed by atoms with van der Waals surface area (Å²) in [7, 11) is 0. The van der Waals surface area contributed by atoms with Gasteiger partial charge in [0.25, 0.3) is 0 Å². The van der Waals surface area contributed by atoms with Crippen molar-refractivity contribution in [3.05, 3.63) is 34.9 Å². The van der Waals surface area contributed by atoms with Gasteiger partial charge in [0.1, 0.15) is 11.4 Å². The first kappa shape index (κ1) is 19.0. The van der Waals surface area contributed by atoms with Crippen LogP contribution in [0.15, 0.2) is 23.8 Å². The Hall–Kier alpha value is -1.77. The lowest BCUT2D eigenvalue weighted by molar-refractivity contribution is -0.114. The van der Waals surface area contributed by atoms with E-state index < -0.39 is 0 Å². The maximum Gasteiger partial charge on any atom is 0.221 e. The lowest BCUT2D eigenvalue weighted by atomic mass is 9.67. The number of nitrogens with one attached hydrogen (secondary N) is 1. The van der Waals surface area contributed by atoms with Crippen molar-refractivity contribution in [3.8, 4) is 5.75 Å². The van der Waals surface area contributed by atoms with Crippen LogP contribution in [0.1, 0.15) is 83.8 Å². The van der Waals surface area contributed by atoms with Crippen LogP contribution in [-0.2, 0) is 11.2 Å². The zero-order chi connectivity index (χ0) is 18.9. The van der Waals surface area contributed by atoms with Gasteiger partial charge in [0, 0.05) is 30.0 Å². The van der Waals surface area contributed by atoms with Crippen LogP contribution in [0.3, 0.4) is 0 Å². The molecule has 3 heteroatoms. The van der Waals surface area contributed by atoms with Crippen molar-refractivity contribution in [3.63, 3.8) is 0 Å². The lowest BCUT2D eigenvalue weighted by Crippen LogP contribution is -2.45. The molecule has 0 aromatic heterocycles. The number of allylic oxidation sites excluding steroid dienone is 2. The van der Waals surface area contributed by atoms with Gasteiger partial charge in [-0.1, -0.05) is 31.4 Å². The fourth-order valence-corrected chi connectivity index (χ4v) is 4.62. The Kier molecular flexibility index (Phi) is 5.45. The minimum atomic E-state index is -0.190. The highest BCUT2D eigenvalue weighted by Crippen LogP contribution is 2.53. The van der Waals surface area contributed by atoms with Crippen LogP contribution >= 0.6 is 0 Å². The van der Waals surface area contributed by atoms with Crippen molar-refractivity contribution >= 4 is 11.6 Å². The highest BCUT2D eigenvalue weighted by atomic mass is 16.5. The van der Waals surface area contributed by atoms with Crippen LogP contribution < -0.4 is 10.1 Å². The maximum atomic E-state index is 11.9. The summed E-state index contributed by atoms with van der Waals surface area (Å²) >= 11 is 0. The number of hydrogen-bond acceptors (Lipinski definition) is 2. The first-order valence-corrected chi connectivity index (χ1v) is 10.1. The summed E-state index contributed by atoms with van der Waals surface area (Å²) in [4.78, 5) is 11.9. The number of ether oxygens (including phenoxy) is 1. The normalized spacial score (nSPS) is 23.3. The number of rotatable bonds is 5. The first-order chi connectivity index (χ1) is 12.3. The van der Waals surface area contributed by atoms with Gasteiger partial charge in [0.15, 0.2) is 0 Å². The molecular formula is C23H33NO2. The van der Waals surface area contributed by atoms with Crippen LogP contribution in [0.5, 0.6) is 5.75 Å². The quantitative estimate of drug-likeness (QED) is 0.520. The van der Waals surface area contributed by atoms with Crippen LogP contribution in [-0.4, -0.2) is 11.5 Å². The second kappa shape index (κ2) is 7.46. The SMILES string of the molecule is CCCCCc1cc(NC(C)=O)c2c(c1)OC(C)(C)[C@@H]1CCC(C)=C[C@@H]21. The van der Waals surface area contributed by atoms with E-state index in [2.05, 4.69) is 51.2 Å². The Balaban J connectivity index is 2.08. The number of fused-ring (bicyclic) bond motifs is 3. The highest BCUT2D eigenvalue weighted by Gasteiger charge is 2.45. The van der Waals surface area contributed by atoms with Gasteiger partial charge in [-0.2, -0.15) is 0 Å². The van der Waals surface area contributed by atoms with Crippen LogP contribution in [0.2, 0.25) is 0 Å². The molecule has 0 fully saturated rings. The van der Waals surface area contributed by atoms with Crippen molar-refractivity contribution in [2.45, 2.75) is 84.7 Å². The number of aryl methyl sites for hydroxylation is 1. The summed E-state index contributed by atoms with van der Waals surface area (Å²) in [5, 5.41) is 3.09. The molecule has 2 aliphatic rings. The van der Waals surface area contributed by atoms with Gasteiger partial charge in [0.05, 0.1) is 0 Å². The second-order valence-electron chi connectivity index (χ2n) is 8.58. The molecule has 0 unspecified atom stereocenters. The topological polar surface area (TPSA) is 38.3 Å². The van der Waals surface area contributed by atoms with E-state index in [4.69, 9.17) is 4.74 Å². The van der Waals surface area contributed by atoms with E-state index in [1.54, 1.807) is 6.92 Å². The molecule has 0 radical (unpaired) electrons. The van der Waals surface area contributed by atoms with Gasteiger partial charge in [-0.05, 0) is 64.2 Å². The summed E-state index contributed by atoms with van der Waals surface area (Å²) in [5.74, 6) is 1.70. The number of anilines is 1. The van der Waals surface area contributed by atoms with Crippen molar-refractivity contribution in [2.24, 2.45) is 5.92 Å². The zero-order valence-electron chi connectivity index (χ0n) is 16.9. The van der Waals surface area contributed by atoms with E-state index in [0.717, 1.165) is 30.7 Å². The third-order valence-corrected chi connectivity index (χ3v) is 5.93. The Labute approximate surface area is 158 Å². The number of unbranched alkanes of at least 4 members (excludes halogenated alkanes) is 2. The molecule has 3 rings (SSSR count). The number of benzene rings is 1. The Bertz CT molecular complexity index is 717. The number of carbonyl (C=O) groups is 1. The molecule has 1 aliphatic carbocycles. The smallest absolute Gasteiger partial charge is 0.221 e. The molecule has 0 bridgehead atoms. The molecule has 1 amide bonds. The van der Waals surface area contributed by atoms with Crippen molar-refractivity contribution < 1.29 is 9.53 Å². The summed E-state index contributed by atoms with van der Waals surface area (Å²) < 4.78 is 6.51.